The second kappa shape index (κ2) is 7.51. The van der Waals surface area contributed by atoms with Crippen LogP contribution in [0.3, 0.4) is 0 Å². The van der Waals surface area contributed by atoms with Crippen molar-refractivity contribution in [2.24, 2.45) is 5.92 Å². The standard InChI is InChI=1S/C18H20F2N2S/c1-11(2)17(14-7-5-4-6-12(14)3)22-18(23)21-13-8-9-15(19)16(20)10-13/h4-11,17H,1-3H3,(H2,21,22,23)/t17-/m1/s1. The van der Waals surface area contributed by atoms with E-state index in [4.69, 9.17) is 12.2 Å². The molecule has 5 heteroatoms. The van der Waals surface area contributed by atoms with Crippen LogP contribution in [0.5, 0.6) is 0 Å². The maximum atomic E-state index is 13.3. The third kappa shape index (κ3) is 4.48. The maximum absolute atomic E-state index is 13.3. The molecule has 0 heterocycles. The molecule has 0 saturated heterocycles. The van der Waals surface area contributed by atoms with Gasteiger partial charge in [-0.2, -0.15) is 0 Å². The summed E-state index contributed by atoms with van der Waals surface area (Å²) in [5.74, 6) is -1.48. The number of nitrogens with one attached hydrogen (secondary N) is 2. The number of anilines is 1. The van der Waals surface area contributed by atoms with E-state index in [0.29, 0.717) is 16.7 Å². The van der Waals surface area contributed by atoms with Crippen molar-refractivity contribution < 1.29 is 8.78 Å². The van der Waals surface area contributed by atoms with Crippen molar-refractivity contribution in [3.05, 3.63) is 65.2 Å². The molecule has 0 saturated carbocycles. The van der Waals surface area contributed by atoms with E-state index in [1.807, 2.05) is 12.1 Å². The lowest BCUT2D eigenvalue weighted by molar-refractivity contribution is 0.471. The van der Waals surface area contributed by atoms with Crippen LogP contribution < -0.4 is 10.6 Å². The highest BCUT2D eigenvalue weighted by Gasteiger charge is 2.18. The summed E-state index contributed by atoms with van der Waals surface area (Å²) in [5.41, 5.74) is 2.75. The van der Waals surface area contributed by atoms with Crippen molar-refractivity contribution in [2.75, 3.05) is 5.32 Å². The van der Waals surface area contributed by atoms with Gasteiger partial charge >= 0.3 is 0 Å². The first-order valence-corrected chi connectivity index (χ1v) is 7.87. The zero-order valence-corrected chi connectivity index (χ0v) is 14.2. The Morgan fingerprint density at radius 1 is 1.04 bits per heavy atom. The van der Waals surface area contributed by atoms with E-state index in [-0.39, 0.29) is 6.04 Å². The molecule has 0 aliphatic rings. The quantitative estimate of drug-likeness (QED) is 0.773. The third-order valence-electron chi connectivity index (χ3n) is 3.65. The summed E-state index contributed by atoms with van der Waals surface area (Å²) in [4.78, 5) is 0. The molecule has 1 atom stereocenters. The molecule has 0 radical (unpaired) electrons. The van der Waals surface area contributed by atoms with Crippen molar-refractivity contribution in [1.82, 2.24) is 5.32 Å². The average Bonchev–Trinajstić information content (AvgIpc) is 2.49. The van der Waals surface area contributed by atoms with Crippen molar-refractivity contribution in [3.63, 3.8) is 0 Å². The van der Waals surface area contributed by atoms with Gasteiger partial charge in [0.05, 0.1) is 6.04 Å². The van der Waals surface area contributed by atoms with E-state index in [1.54, 1.807) is 0 Å². The lowest BCUT2D eigenvalue weighted by Crippen LogP contribution is -2.35. The first kappa shape index (κ1) is 17.3. The van der Waals surface area contributed by atoms with E-state index in [1.165, 1.54) is 11.6 Å². The molecule has 0 aromatic heterocycles. The fraction of sp³-hybridized carbons (Fsp3) is 0.278. The van der Waals surface area contributed by atoms with E-state index in [2.05, 4.69) is 43.5 Å². The van der Waals surface area contributed by atoms with Crippen LogP contribution >= 0.6 is 12.2 Å². The molecule has 2 rings (SSSR count). The fourth-order valence-electron chi connectivity index (χ4n) is 2.42. The largest absolute Gasteiger partial charge is 0.355 e. The van der Waals surface area contributed by atoms with Crippen molar-refractivity contribution >= 4 is 23.0 Å². The summed E-state index contributed by atoms with van der Waals surface area (Å²) in [7, 11) is 0. The Bertz CT molecular complexity index is 701. The Labute approximate surface area is 140 Å². The maximum Gasteiger partial charge on any atom is 0.171 e. The van der Waals surface area contributed by atoms with Crippen LogP contribution in [0.15, 0.2) is 42.5 Å². The molecule has 23 heavy (non-hydrogen) atoms. The summed E-state index contributed by atoms with van der Waals surface area (Å²) in [6.45, 7) is 6.26. The monoisotopic (exact) mass is 334 g/mol. The number of aryl methyl sites for hydroxylation is 1. The highest BCUT2D eigenvalue weighted by atomic mass is 32.1. The topological polar surface area (TPSA) is 24.1 Å². The minimum atomic E-state index is -0.905. The van der Waals surface area contributed by atoms with Gasteiger partial charge in [-0.1, -0.05) is 38.1 Å². The van der Waals surface area contributed by atoms with Crippen LogP contribution in [0, 0.1) is 24.5 Å². The molecule has 0 amide bonds. The van der Waals surface area contributed by atoms with Crippen molar-refractivity contribution in [2.45, 2.75) is 26.8 Å². The molecule has 2 aromatic rings. The first-order chi connectivity index (χ1) is 10.9. The fourth-order valence-corrected chi connectivity index (χ4v) is 2.67. The predicted octanol–water partition coefficient (Wildman–Crippen LogP) is 4.96. The van der Waals surface area contributed by atoms with Gasteiger partial charge in [-0.15, -0.1) is 0 Å². The number of benzene rings is 2. The minimum Gasteiger partial charge on any atom is -0.355 e. The highest BCUT2D eigenvalue weighted by molar-refractivity contribution is 7.80. The van der Waals surface area contributed by atoms with E-state index in [0.717, 1.165) is 17.7 Å². The van der Waals surface area contributed by atoms with Crippen molar-refractivity contribution in [3.8, 4) is 0 Å². The summed E-state index contributed by atoms with van der Waals surface area (Å²) in [6, 6.07) is 11.7. The Kier molecular flexibility index (Phi) is 5.66. The summed E-state index contributed by atoms with van der Waals surface area (Å²) in [6.07, 6.45) is 0. The highest BCUT2D eigenvalue weighted by Crippen LogP contribution is 2.24. The average molecular weight is 334 g/mol. The zero-order chi connectivity index (χ0) is 17.0. The van der Waals surface area contributed by atoms with Crippen LogP contribution in [0.25, 0.3) is 0 Å². The van der Waals surface area contributed by atoms with Gasteiger partial charge in [0.2, 0.25) is 0 Å². The smallest absolute Gasteiger partial charge is 0.171 e. The summed E-state index contributed by atoms with van der Waals surface area (Å²) >= 11 is 5.31. The first-order valence-electron chi connectivity index (χ1n) is 7.46. The number of rotatable bonds is 4. The summed E-state index contributed by atoms with van der Waals surface area (Å²) in [5, 5.41) is 6.53. The number of hydrogen-bond donors (Lipinski definition) is 2. The van der Waals surface area contributed by atoms with Crippen molar-refractivity contribution in [1.29, 1.82) is 0 Å². The van der Waals surface area contributed by atoms with Crippen LogP contribution in [0.2, 0.25) is 0 Å². The molecule has 122 valence electrons. The molecule has 2 nitrogen and oxygen atoms in total. The van der Waals surface area contributed by atoms with Crippen LogP contribution in [-0.2, 0) is 0 Å². The van der Waals surface area contributed by atoms with E-state index < -0.39 is 11.6 Å². The van der Waals surface area contributed by atoms with Gasteiger partial charge in [0, 0.05) is 11.8 Å². The minimum absolute atomic E-state index is 0.0292. The van der Waals surface area contributed by atoms with Gasteiger partial charge in [0.15, 0.2) is 16.7 Å². The Hall–Kier alpha value is -2.01. The lowest BCUT2D eigenvalue weighted by Gasteiger charge is -2.26. The number of hydrogen-bond acceptors (Lipinski definition) is 1. The van der Waals surface area contributed by atoms with Gasteiger partial charge in [-0.25, -0.2) is 8.78 Å². The number of halogens is 2. The molecule has 0 aliphatic heterocycles. The third-order valence-corrected chi connectivity index (χ3v) is 3.87. The zero-order valence-electron chi connectivity index (χ0n) is 13.4. The Balaban J connectivity index is 2.12. The van der Waals surface area contributed by atoms with E-state index >= 15 is 0 Å². The SMILES string of the molecule is Cc1ccccc1[C@H](NC(=S)Nc1ccc(F)c(F)c1)C(C)C. The molecule has 2 N–H and O–H groups in total. The van der Waals surface area contributed by atoms with Gasteiger partial charge in [0.25, 0.3) is 0 Å². The second-order valence-electron chi connectivity index (χ2n) is 5.81. The Morgan fingerprint density at radius 3 is 2.35 bits per heavy atom. The molecule has 0 aliphatic carbocycles. The molecule has 2 aromatic carbocycles. The van der Waals surface area contributed by atoms with Gasteiger partial charge < -0.3 is 10.6 Å². The van der Waals surface area contributed by atoms with Gasteiger partial charge in [-0.3, -0.25) is 0 Å². The number of thiocarbonyl (C=S) groups is 1. The predicted molar refractivity (Wildman–Crippen MR) is 94.5 cm³/mol. The lowest BCUT2D eigenvalue weighted by atomic mass is 9.93. The van der Waals surface area contributed by atoms with E-state index in [9.17, 15) is 8.78 Å². The van der Waals surface area contributed by atoms with Crippen LogP contribution in [0.1, 0.15) is 31.0 Å². The van der Waals surface area contributed by atoms with Gasteiger partial charge in [0.1, 0.15) is 0 Å². The normalized spacial score (nSPS) is 12.1. The Morgan fingerprint density at radius 2 is 1.74 bits per heavy atom. The van der Waals surface area contributed by atoms with Crippen LogP contribution in [-0.4, -0.2) is 5.11 Å². The summed E-state index contributed by atoms with van der Waals surface area (Å²) < 4.78 is 26.2. The molecule has 0 fully saturated rings. The molecule has 0 unspecified atom stereocenters. The molecule has 0 spiro atoms. The van der Waals surface area contributed by atoms with Gasteiger partial charge in [-0.05, 0) is 48.3 Å². The molecular formula is C18H20F2N2S. The molecular weight excluding hydrogens is 314 g/mol. The van der Waals surface area contributed by atoms with Crippen LogP contribution in [0.4, 0.5) is 14.5 Å². The molecule has 0 bridgehead atoms. The second-order valence-corrected chi connectivity index (χ2v) is 6.21.